The van der Waals surface area contributed by atoms with Crippen molar-refractivity contribution < 1.29 is 19.1 Å². The maximum atomic E-state index is 11.2. The number of unbranched alkanes of at least 4 members (excludes halogenated alkanes) is 1. The van der Waals surface area contributed by atoms with Crippen LogP contribution in [0.3, 0.4) is 0 Å². The van der Waals surface area contributed by atoms with Gasteiger partial charge in [-0.25, -0.2) is 0 Å². The van der Waals surface area contributed by atoms with E-state index in [2.05, 4.69) is 6.92 Å². The number of hydrogen-bond acceptors (Lipinski definition) is 4. The van der Waals surface area contributed by atoms with Crippen LogP contribution in [0.2, 0.25) is 0 Å². The van der Waals surface area contributed by atoms with E-state index in [-0.39, 0.29) is 0 Å². The fraction of sp³-hybridized carbons (Fsp3) is 0.412. The highest BCUT2D eigenvalue weighted by atomic mass is 16.7. The third kappa shape index (κ3) is 6.75. The first-order chi connectivity index (χ1) is 10.0. The van der Waals surface area contributed by atoms with E-state index in [0.717, 1.165) is 24.0 Å². The van der Waals surface area contributed by atoms with Gasteiger partial charge in [0.2, 0.25) is 0 Å². The molecule has 0 unspecified atom stereocenters. The Labute approximate surface area is 125 Å². The molecule has 0 saturated carbocycles. The quantitative estimate of drug-likeness (QED) is 0.439. The fourth-order valence-electron chi connectivity index (χ4n) is 1.89. The van der Waals surface area contributed by atoms with Crippen molar-refractivity contribution >= 4 is 11.9 Å². The summed E-state index contributed by atoms with van der Waals surface area (Å²) in [7, 11) is 0. The molecular formula is C17H22O4. The van der Waals surface area contributed by atoms with Crippen LogP contribution in [0.4, 0.5) is 0 Å². The van der Waals surface area contributed by atoms with Crippen LogP contribution < -0.4 is 0 Å². The molecule has 0 aliphatic rings. The number of rotatable bonds is 7. The van der Waals surface area contributed by atoms with Gasteiger partial charge in [0.25, 0.3) is 6.29 Å². The van der Waals surface area contributed by atoms with Crippen molar-refractivity contribution in [1.82, 2.24) is 0 Å². The molecule has 4 nitrogen and oxygen atoms in total. The Morgan fingerprint density at radius 3 is 2.14 bits per heavy atom. The van der Waals surface area contributed by atoms with Gasteiger partial charge in [-0.05, 0) is 12.0 Å². The lowest BCUT2D eigenvalue weighted by molar-refractivity contribution is -0.178. The highest BCUT2D eigenvalue weighted by Gasteiger charge is 2.20. The van der Waals surface area contributed by atoms with Crippen LogP contribution in [0.1, 0.15) is 39.2 Å². The summed E-state index contributed by atoms with van der Waals surface area (Å²) in [6.45, 7) is 4.66. The molecular weight excluding hydrogens is 268 g/mol. The number of carbonyl (C=O) groups excluding carboxylic acids is 2. The van der Waals surface area contributed by atoms with Gasteiger partial charge >= 0.3 is 11.9 Å². The summed E-state index contributed by atoms with van der Waals surface area (Å²) in [5.74, 6) is -0.951. The van der Waals surface area contributed by atoms with Gasteiger partial charge in [-0.1, -0.05) is 49.8 Å². The predicted octanol–water partition coefficient (Wildman–Crippen LogP) is 3.41. The van der Waals surface area contributed by atoms with E-state index in [0.29, 0.717) is 6.42 Å². The van der Waals surface area contributed by atoms with Crippen molar-refractivity contribution in [3.8, 4) is 0 Å². The van der Waals surface area contributed by atoms with Gasteiger partial charge in [0.1, 0.15) is 0 Å². The molecule has 0 N–H and O–H groups in total. The minimum atomic E-state index is -0.952. The summed E-state index contributed by atoms with van der Waals surface area (Å²) in [6.07, 6.45) is 3.40. The molecule has 0 amide bonds. The molecule has 1 rings (SSSR count). The average Bonchev–Trinajstić information content (AvgIpc) is 2.43. The van der Waals surface area contributed by atoms with Crippen molar-refractivity contribution in [2.24, 2.45) is 0 Å². The zero-order chi connectivity index (χ0) is 15.7. The molecule has 4 heteroatoms. The Bertz CT molecular complexity index is 475. The van der Waals surface area contributed by atoms with Crippen molar-refractivity contribution in [3.05, 3.63) is 47.5 Å². The van der Waals surface area contributed by atoms with E-state index in [1.807, 2.05) is 36.4 Å². The molecule has 0 spiro atoms. The predicted molar refractivity (Wildman–Crippen MR) is 80.5 cm³/mol. The van der Waals surface area contributed by atoms with Gasteiger partial charge in [-0.3, -0.25) is 9.59 Å². The molecule has 0 aliphatic heterocycles. The van der Waals surface area contributed by atoms with Gasteiger partial charge in [0.15, 0.2) is 0 Å². The molecule has 0 heterocycles. The molecule has 114 valence electrons. The standard InChI is InChI=1S/C17H22O4/c1-4-5-11-16(12-15-9-7-6-8-10-15)17(20-13(2)18)21-14(3)19/h6-11,17H,4-5,12H2,1-3H3/b16-11+. The lowest BCUT2D eigenvalue weighted by Crippen LogP contribution is -2.25. The number of hydrogen-bond donors (Lipinski definition) is 0. The lowest BCUT2D eigenvalue weighted by atomic mass is 10.0. The minimum Gasteiger partial charge on any atom is -0.421 e. The van der Waals surface area contributed by atoms with Crippen molar-refractivity contribution in [3.63, 3.8) is 0 Å². The lowest BCUT2D eigenvalue weighted by Gasteiger charge is -2.20. The van der Waals surface area contributed by atoms with Gasteiger partial charge in [0, 0.05) is 25.8 Å². The first-order valence-electron chi connectivity index (χ1n) is 7.10. The minimum absolute atomic E-state index is 0.475. The number of allylic oxidation sites excluding steroid dienone is 1. The summed E-state index contributed by atoms with van der Waals surface area (Å²) in [4.78, 5) is 22.5. The number of carbonyl (C=O) groups is 2. The van der Waals surface area contributed by atoms with Crippen LogP contribution in [-0.2, 0) is 25.5 Å². The topological polar surface area (TPSA) is 52.6 Å². The molecule has 21 heavy (non-hydrogen) atoms. The van der Waals surface area contributed by atoms with E-state index in [4.69, 9.17) is 9.47 Å². The Kier molecular flexibility index (Phi) is 7.23. The molecule has 0 aliphatic carbocycles. The van der Waals surface area contributed by atoms with Crippen LogP contribution in [0, 0.1) is 0 Å². The van der Waals surface area contributed by atoms with Crippen LogP contribution in [0.15, 0.2) is 42.0 Å². The number of benzene rings is 1. The molecule has 0 fully saturated rings. The molecule has 0 radical (unpaired) electrons. The molecule has 1 aromatic rings. The third-order valence-corrected chi connectivity index (χ3v) is 2.80. The molecule has 0 saturated heterocycles. The Hall–Kier alpha value is -2.10. The highest BCUT2D eigenvalue weighted by molar-refractivity contribution is 5.68. The summed E-state index contributed by atoms with van der Waals surface area (Å²) in [6, 6.07) is 9.80. The second-order valence-electron chi connectivity index (χ2n) is 4.78. The van der Waals surface area contributed by atoms with Gasteiger partial charge in [0.05, 0.1) is 0 Å². The first-order valence-corrected chi connectivity index (χ1v) is 7.10. The Morgan fingerprint density at radius 1 is 1.10 bits per heavy atom. The van der Waals surface area contributed by atoms with E-state index >= 15 is 0 Å². The summed E-state index contributed by atoms with van der Waals surface area (Å²) in [5, 5.41) is 0. The monoisotopic (exact) mass is 290 g/mol. The maximum Gasteiger partial charge on any atom is 0.305 e. The third-order valence-electron chi connectivity index (χ3n) is 2.80. The SMILES string of the molecule is CCC/C=C(\Cc1ccccc1)C(OC(C)=O)OC(C)=O. The Morgan fingerprint density at radius 2 is 1.67 bits per heavy atom. The van der Waals surface area contributed by atoms with Crippen LogP contribution in [-0.4, -0.2) is 18.2 Å². The Balaban J connectivity index is 2.95. The maximum absolute atomic E-state index is 11.2. The van der Waals surface area contributed by atoms with Crippen LogP contribution in [0.5, 0.6) is 0 Å². The number of ether oxygens (including phenoxy) is 2. The second-order valence-corrected chi connectivity index (χ2v) is 4.78. The van der Waals surface area contributed by atoms with Gasteiger partial charge in [-0.2, -0.15) is 0 Å². The van der Waals surface area contributed by atoms with E-state index in [1.165, 1.54) is 13.8 Å². The zero-order valence-electron chi connectivity index (χ0n) is 12.8. The van der Waals surface area contributed by atoms with Crippen LogP contribution in [0.25, 0.3) is 0 Å². The molecule has 0 atom stereocenters. The average molecular weight is 290 g/mol. The second kappa shape index (κ2) is 8.95. The summed E-state index contributed by atoms with van der Waals surface area (Å²) < 4.78 is 10.3. The summed E-state index contributed by atoms with van der Waals surface area (Å²) >= 11 is 0. The zero-order valence-corrected chi connectivity index (χ0v) is 12.8. The summed E-state index contributed by atoms with van der Waals surface area (Å²) in [5.41, 5.74) is 1.86. The van der Waals surface area contributed by atoms with E-state index in [1.54, 1.807) is 0 Å². The highest BCUT2D eigenvalue weighted by Crippen LogP contribution is 2.17. The van der Waals surface area contributed by atoms with E-state index in [9.17, 15) is 9.59 Å². The molecule has 0 aromatic heterocycles. The van der Waals surface area contributed by atoms with Gasteiger partial charge < -0.3 is 9.47 Å². The first kappa shape index (κ1) is 17.0. The van der Waals surface area contributed by atoms with Crippen molar-refractivity contribution in [2.45, 2.75) is 46.3 Å². The molecule has 0 bridgehead atoms. The number of esters is 2. The van der Waals surface area contributed by atoms with Crippen molar-refractivity contribution in [2.75, 3.05) is 0 Å². The van der Waals surface area contributed by atoms with Crippen molar-refractivity contribution in [1.29, 1.82) is 0 Å². The van der Waals surface area contributed by atoms with E-state index < -0.39 is 18.2 Å². The van der Waals surface area contributed by atoms with Gasteiger partial charge in [-0.15, -0.1) is 0 Å². The smallest absolute Gasteiger partial charge is 0.305 e. The van der Waals surface area contributed by atoms with Crippen LogP contribution >= 0.6 is 0 Å². The normalized spacial score (nSPS) is 11.3. The largest absolute Gasteiger partial charge is 0.421 e. The molecule has 1 aromatic carbocycles. The fourth-order valence-corrected chi connectivity index (χ4v) is 1.89.